The predicted molar refractivity (Wildman–Crippen MR) is 89.3 cm³/mol. The maximum atomic E-state index is 12.2. The second-order valence-corrected chi connectivity index (χ2v) is 6.14. The molecule has 0 atom stereocenters. The van der Waals surface area contributed by atoms with Crippen LogP contribution in [-0.4, -0.2) is 11.0 Å². The van der Waals surface area contributed by atoms with Gasteiger partial charge in [-0.25, -0.2) is 0 Å². The van der Waals surface area contributed by atoms with Crippen LogP contribution in [0.15, 0.2) is 42.5 Å². The molecule has 3 nitrogen and oxygen atoms in total. The number of hydrogen-bond acceptors (Lipinski definition) is 2. The first-order chi connectivity index (χ1) is 9.47. The molecule has 2 aromatic carbocycles. The summed E-state index contributed by atoms with van der Waals surface area (Å²) in [6, 6.07) is 12.7. The van der Waals surface area contributed by atoms with Crippen LogP contribution in [-0.2, 0) is 0 Å². The van der Waals surface area contributed by atoms with Gasteiger partial charge >= 0.3 is 0 Å². The lowest BCUT2D eigenvalue weighted by atomic mass is 10.0. The largest absolute Gasteiger partial charge is 0.507 e. The summed E-state index contributed by atoms with van der Waals surface area (Å²) < 4.78 is 0.904. The van der Waals surface area contributed by atoms with Gasteiger partial charge in [-0.3, -0.25) is 4.79 Å². The first-order valence-electron chi connectivity index (χ1n) is 6.37. The molecule has 2 N–H and O–H groups in total. The average molecular weight is 381 g/mol. The third kappa shape index (κ3) is 3.50. The van der Waals surface area contributed by atoms with E-state index in [2.05, 4.69) is 41.8 Å². The highest BCUT2D eigenvalue weighted by molar-refractivity contribution is 14.1. The standard InChI is InChI=1S/C16H16INO2/c1-10(2)11-4-3-5-13(8-11)18-16(20)14-9-12(17)6-7-15(14)19/h3-10,19H,1-2H3,(H,18,20). The molecule has 2 aromatic rings. The highest BCUT2D eigenvalue weighted by Crippen LogP contribution is 2.23. The molecular weight excluding hydrogens is 365 g/mol. The zero-order valence-corrected chi connectivity index (χ0v) is 13.5. The van der Waals surface area contributed by atoms with E-state index in [1.54, 1.807) is 12.1 Å². The van der Waals surface area contributed by atoms with Gasteiger partial charge in [0.15, 0.2) is 0 Å². The van der Waals surface area contributed by atoms with Gasteiger partial charge in [-0.1, -0.05) is 26.0 Å². The van der Waals surface area contributed by atoms with Crippen molar-refractivity contribution in [3.63, 3.8) is 0 Å². The number of carbonyl (C=O) groups excluding carboxylic acids is 1. The van der Waals surface area contributed by atoms with Gasteiger partial charge in [0.1, 0.15) is 5.75 Å². The Hall–Kier alpha value is -1.56. The molecule has 0 unspecified atom stereocenters. The van der Waals surface area contributed by atoms with Crippen molar-refractivity contribution in [1.29, 1.82) is 0 Å². The number of phenols is 1. The van der Waals surface area contributed by atoms with Crippen molar-refractivity contribution < 1.29 is 9.90 Å². The van der Waals surface area contributed by atoms with Crippen LogP contribution in [0.2, 0.25) is 0 Å². The normalized spacial score (nSPS) is 10.6. The van der Waals surface area contributed by atoms with Crippen LogP contribution < -0.4 is 5.32 Å². The molecule has 2 rings (SSSR count). The fourth-order valence-electron chi connectivity index (χ4n) is 1.86. The van der Waals surface area contributed by atoms with E-state index in [0.717, 1.165) is 14.8 Å². The summed E-state index contributed by atoms with van der Waals surface area (Å²) in [4.78, 5) is 12.2. The molecule has 104 valence electrons. The summed E-state index contributed by atoms with van der Waals surface area (Å²) in [6.07, 6.45) is 0. The van der Waals surface area contributed by atoms with Gasteiger partial charge in [-0.15, -0.1) is 0 Å². The third-order valence-electron chi connectivity index (χ3n) is 3.01. The molecule has 0 aliphatic rings. The van der Waals surface area contributed by atoms with Crippen LogP contribution in [0.5, 0.6) is 5.75 Å². The fraction of sp³-hybridized carbons (Fsp3) is 0.188. The molecule has 0 fully saturated rings. The van der Waals surface area contributed by atoms with Gasteiger partial charge in [0, 0.05) is 9.26 Å². The molecule has 0 aliphatic carbocycles. The number of aromatic hydroxyl groups is 1. The molecule has 0 saturated carbocycles. The van der Waals surface area contributed by atoms with E-state index in [1.807, 2.05) is 24.3 Å². The van der Waals surface area contributed by atoms with Crippen molar-refractivity contribution in [2.24, 2.45) is 0 Å². The van der Waals surface area contributed by atoms with Gasteiger partial charge in [0.05, 0.1) is 5.56 Å². The number of rotatable bonds is 3. The molecule has 0 aliphatic heterocycles. The van der Waals surface area contributed by atoms with Gasteiger partial charge in [0.2, 0.25) is 0 Å². The van der Waals surface area contributed by atoms with E-state index in [-0.39, 0.29) is 17.2 Å². The highest BCUT2D eigenvalue weighted by atomic mass is 127. The van der Waals surface area contributed by atoms with Crippen LogP contribution in [0.25, 0.3) is 0 Å². The Morgan fingerprint density at radius 3 is 2.65 bits per heavy atom. The Balaban J connectivity index is 2.23. The van der Waals surface area contributed by atoms with Crippen LogP contribution in [0.3, 0.4) is 0 Å². The zero-order chi connectivity index (χ0) is 14.7. The number of carbonyl (C=O) groups is 1. The number of hydrogen-bond donors (Lipinski definition) is 2. The van der Waals surface area contributed by atoms with Crippen LogP contribution in [0, 0.1) is 3.57 Å². The molecule has 0 saturated heterocycles. The minimum absolute atomic E-state index is 0.0112. The second-order valence-electron chi connectivity index (χ2n) is 4.90. The Morgan fingerprint density at radius 2 is 1.95 bits per heavy atom. The molecule has 0 spiro atoms. The number of nitrogens with one attached hydrogen (secondary N) is 1. The monoisotopic (exact) mass is 381 g/mol. The molecule has 0 bridgehead atoms. The molecular formula is C16H16INO2. The Kier molecular flexibility index (Phi) is 4.65. The Bertz CT molecular complexity index is 638. The minimum atomic E-state index is -0.304. The number of phenolic OH excluding ortho intramolecular Hbond substituents is 1. The molecule has 0 radical (unpaired) electrons. The highest BCUT2D eigenvalue weighted by Gasteiger charge is 2.12. The predicted octanol–water partition coefficient (Wildman–Crippen LogP) is 4.37. The van der Waals surface area contributed by atoms with Gasteiger partial charge < -0.3 is 10.4 Å². The Morgan fingerprint density at radius 1 is 1.20 bits per heavy atom. The van der Waals surface area contributed by atoms with Crippen LogP contribution in [0.4, 0.5) is 5.69 Å². The molecule has 20 heavy (non-hydrogen) atoms. The first-order valence-corrected chi connectivity index (χ1v) is 7.45. The summed E-state index contributed by atoms with van der Waals surface area (Å²) in [5.74, 6) is 0.0859. The molecule has 0 aromatic heterocycles. The van der Waals surface area contributed by atoms with Crippen molar-refractivity contribution >= 4 is 34.2 Å². The lowest BCUT2D eigenvalue weighted by Crippen LogP contribution is -2.12. The second kappa shape index (κ2) is 6.26. The number of halogens is 1. The lowest BCUT2D eigenvalue weighted by molar-refractivity contribution is 0.102. The van der Waals surface area contributed by atoms with Gasteiger partial charge in [-0.05, 0) is 64.4 Å². The van der Waals surface area contributed by atoms with E-state index in [9.17, 15) is 9.90 Å². The molecule has 0 heterocycles. The van der Waals surface area contributed by atoms with Crippen molar-refractivity contribution in [1.82, 2.24) is 0 Å². The first kappa shape index (κ1) is 14.8. The van der Waals surface area contributed by atoms with E-state index in [4.69, 9.17) is 0 Å². The SMILES string of the molecule is CC(C)c1cccc(NC(=O)c2cc(I)ccc2O)c1. The quantitative estimate of drug-likeness (QED) is 0.776. The lowest BCUT2D eigenvalue weighted by Gasteiger charge is -2.10. The fourth-order valence-corrected chi connectivity index (χ4v) is 2.36. The number of amides is 1. The van der Waals surface area contributed by atoms with Crippen molar-refractivity contribution in [3.8, 4) is 5.75 Å². The van der Waals surface area contributed by atoms with Gasteiger partial charge in [0.25, 0.3) is 5.91 Å². The average Bonchev–Trinajstić information content (AvgIpc) is 2.41. The van der Waals surface area contributed by atoms with Crippen molar-refractivity contribution in [2.75, 3.05) is 5.32 Å². The minimum Gasteiger partial charge on any atom is -0.507 e. The van der Waals surface area contributed by atoms with Crippen molar-refractivity contribution in [3.05, 3.63) is 57.2 Å². The van der Waals surface area contributed by atoms with Crippen molar-refractivity contribution in [2.45, 2.75) is 19.8 Å². The summed E-state index contributed by atoms with van der Waals surface area (Å²) >= 11 is 2.11. The third-order valence-corrected chi connectivity index (χ3v) is 3.69. The van der Waals surface area contributed by atoms with Crippen LogP contribution in [0.1, 0.15) is 35.7 Å². The van der Waals surface area contributed by atoms with E-state index < -0.39 is 0 Å². The zero-order valence-electron chi connectivity index (χ0n) is 11.4. The molecule has 4 heteroatoms. The van der Waals surface area contributed by atoms with E-state index >= 15 is 0 Å². The van der Waals surface area contributed by atoms with E-state index in [0.29, 0.717) is 5.92 Å². The maximum Gasteiger partial charge on any atom is 0.259 e. The topological polar surface area (TPSA) is 49.3 Å². The van der Waals surface area contributed by atoms with E-state index in [1.165, 1.54) is 6.07 Å². The summed E-state index contributed by atoms with van der Waals surface area (Å²) in [5, 5.41) is 12.6. The van der Waals surface area contributed by atoms with Gasteiger partial charge in [-0.2, -0.15) is 0 Å². The molecule has 1 amide bonds. The summed E-state index contributed by atoms with van der Waals surface area (Å²) in [5.41, 5.74) is 2.18. The summed E-state index contributed by atoms with van der Waals surface area (Å²) in [7, 11) is 0. The maximum absolute atomic E-state index is 12.2. The number of benzene rings is 2. The summed E-state index contributed by atoms with van der Waals surface area (Å²) in [6.45, 7) is 4.21. The number of anilines is 1. The smallest absolute Gasteiger partial charge is 0.259 e. The Labute approximate surface area is 132 Å². The van der Waals surface area contributed by atoms with Crippen LogP contribution >= 0.6 is 22.6 Å².